The number of carbonyl (C=O) groups excluding carboxylic acids is 1. The van der Waals surface area contributed by atoms with Gasteiger partial charge in [-0.25, -0.2) is 23.2 Å². The van der Waals surface area contributed by atoms with Gasteiger partial charge in [0.05, 0.1) is 35.2 Å². The number of esters is 1. The standard InChI is InChI=1S/C17H18N4O4S/c1-4-25-17(22)13-9-18-16-14(13)15(19-10-20-16)11-6-5-7-12(8-11)21(2)26(3,23)24/h5-10H,4H2,1-3H3,(H,18,19,20). The van der Waals surface area contributed by atoms with Crippen LogP contribution in [0.4, 0.5) is 5.69 Å². The Bertz CT molecular complexity index is 1080. The van der Waals surface area contributed by atoms with Gasteiger partial charge in [0.1, 0.15) is 12.0 Å². The van der Waals surface area contributed by atoms with E-state index in [1.165, 1.54) is 23.9 Å². The zero-order chi connectivity index (χ0) is 18.9. The molecule has 2 heterocycles. The summed E-state index contributed by atoms with van der Waals surface area (Å²) in [5.41, 5.74) is 2.50. The number of nitrogens with zero attached hydrogens (tertiary/aromatic N) is 3. The van der Waals surface area contributed by atoms with Crippen LogP contribution in [-0.2, 0) is 14.8 Å². The highest BCUT2D eigenvalue weighted by atomic mass is 32.2. The van der Waals surface area contributed by atoms with E-state index in [4.69, 9.17) is 4.74 Å². The molecular weight excluding hydrogens is 356 g/mol. The summed E-state index contributed by atoms with van der Waals surface area (Å²) in [6.45, 7) is 1.98. The van der Waals surface area contributed by atoms with E-state index >= 15 is 0 Å². The predicted octanol–water partition coefficient (Wildman–Crippen LogP) is 2.20. The summed E-state index contributed by atoms with van der Waals surface area (Å²) in [6.07, 6.45) is 4.05. The van der Waals surface area contributed by atoms with Gasteiger partial charge in [0.2, 0.25) is 10.0 Å². The first-order valence-corrected chi connectivity index (χ1v) is 9.71. The van der Waals surface area contributed by atoms with Gasteiger partial charge in [-0.1, -0.05) is 12.1 Å². The number of carbonyl (C=O) groups is 1. The van der Waals surface area contributed by atoms with Crippen molar-refractivity contribution in [3.05, 3.63) is 42.4 Å². The lowest BCUT2D eigenvalue weighted by atomic mass is 10.1. The van der Waals surface area contributed by atoms with Gasteiger partial charge in [-0.05, 0) is 19.1 Å². The molecule has 0 fully saturated rings. The molecule has 0 aliphatic carbocycles. The molecule has 1 aromatic carbocycles. The van der Waals surface area contributed by atoms with Crippen LogP contribution in [0.2, 0.25) is 0 Å². The van der Waals surface area contributed by atoms with Gasteiger partial charge < -0.3 is 9.72 Å². The first-order chi connectivity index (χ1) is 12.3. The molecule has 0 unspecified atom stereocenters. The minimum atomic E-state index is -3.40. The van der Waals surface area contributed by atoms with E-state index in [1.807, 2.05) is 0 Å². The van der Waals surface area contributed by atoms with Crippen molar-refractivity contribution in [2.75, 3.05) is 24.2 Å². The number of fused-ring (bicyclic) bond motifs is 1. The van der Waals surface area contributed by atoms with Gasteiger partial charge in [-0.15, -0.1) is 0 Å². The van der Waals surface area contributed by atoms with Gasteiger partial charge in [-0.3, -0.25) is 4.31 Å². The Balaban J connectivity index is 2.17. The van der Waals surface area contributed by atoms with Crippen LogP contribution < -0.4 is 4.31 Å². The molecule has 0 spiro atoms. The number of benzene rings is 1. The van der Waals surface area contributed by atoms with Crippen LogP contribution >= 0.6 is 0 Å². The maximum Gasteiger partial charge on any atom is 0.340 e. The van der Waals surface area contributed by atoms with E-state index in [0.29, 0.717) is 33.5 Å². The first-order valence-electron chi connectivity index (χ1n) is 7.86. The van der Waals surface area contributed by atoms with Crippen molar-refractivity contribution < 1.29 is 17.9 Å². The minimum Gasteiger partial charge on any atom is -0.462 e. The molecule has 0 radical (unpaired) electrons. The second-order valence-electron chi connectivity index (χ2n) is 5.65. The van der Waals surface area contributed by atoms with E-state index in [9.17, 15) is 13.2 Å². The molecule has 0 aliphatic heterocycles. The highest BCUT2D eigenvalue weighted by Crippen LogP contribution is 2.31. The van der Waals surface area contributed by atoms with Crippen molar-refractivity contribution in [3.8, 4) is 11.3 Å². The van der Waals surface area contributed by atoms with E-state index in [1.54, 1.807) is 31.2 Å². The Morgan fingerprint density at radius 1 is 1.31 bits per heavy atom. The summed E-state index contributed by atoms with van der Waals surface area (Å²) in [4.78, 5) is 23.6. The number of sulfonamides is 1. The van der Waals surface area contributed by atoms with Gasteiger partial charge >= 0.3 is 5.97 Å². The largest absolute Gasteiger partial charge is 0.462 e. The molecule has 0 atom stereocenters. The molecule has 2 aromatic heterocycles. The molecule has 136 valence electrons. The van der Waals surface area contributed by atoms with Crippen molar-refractivity contribution in [3.63, 3.8) is 0 Å². The molecule has 0 aliphatic rings. The van der Waals surface area contributed by atoms with Crippen molar-refractivity contribution in [1.82, 2.24) is 15.0 Å². The fourth-order valence-corrected chi connectivity index (χ4v) is 3.09. The maximum absolute atomic E-state index is 12.2. The Morgan fingerprint density at radius 2 is 2.08 bits per heavy atom. The van der Waals surface area contributed by atoms with E-state index in [-0.39, 0.29) is 6.61 Å². The quantitative estimate of drug-likeness (QED) is 0.687. The summed E-state index contributed by atoms with van der Waals surface area (Å²) in [5.74, 6) is -0.473. The SMILES string of the molecule is CCOC(=O)c1c[nH]c2ncnc(-c3cccc(N(C)S(C)(=O)=O)c3)c12. The topological polar surface area (TPSA) is 105 Å². The molecule has 3 aromatic rings. The highest BCUT2D eigenvalue weighted by Gasteiger charge is 2.20. The van der Waals surface area contributed by atoms with Crippen LogP contribution in [0.25, 0.3) is 22.3 Å². The zero-order valence-electron chi connectivity index (χ0n) is 14.6. The van der Waals surface area contributed by atoms with E-state index < -0.39 is 16.0 Å². The molecule has 0 amide bonds. The van der Waals surface area contributed by atoms with Crippen molar-refractivity contribution in [2.24, 2.45) is 0 Å². The summed E-state index contributed by atoms with van der Waals surface area (Å²) in [5, 5.41) is 0.533. The van der Waals surface area contributed by atoms with Crippen molar-refractivity contribution in [2.45, 2.75) is 6.92 Å². The van der Waals surface area contributed by atoms with Gasteiger partial charge in [0.15, 0.2) is 0 Å². The van der Waals surface area contributed by atoms with Crippen molar-refractivity contribution >= 4 is 32.7 Å². The fourth-order valence-electron chi connectivity index (χ4n) is 2.59. The number of aromatic amines is 1. The number of ether oxygens (including phenoxy) is 1. The lowest BCUT2D eigenvalue weighted by Crippen LogP contribution is -2.24. The lowest BCUT2D eigenvalue weighted by molar-refractivity contribution is 0.0528. The Hall–Kier alpha value is -2.94. The monoisotopic (exact) mass is 374 g/mol. The first kappa shape index (κ1) is 17.9. The number of hydrogen-bond acceptors (Lipinski definition) is 6. The number of aromatic nitrogens is 3. The summed E-state index contributed by atoms with van der Waals surface area (Å²) in [6, 6.07) is 6.91. The summed E-state index contributed by atoms with van der Waals surface area (Å²) >= 11 is 0. The van der Waals surface area contributed by atoms with Crippen LogP contribution in [-0.4, -0.2) is 49.2 Å². The Kier molecular flexibility index (Phi) is 4.64. The molecule has 26 heavy (non-hydrogen) atoms. The second-order valence-corrected chi connectivity index (χ2v) is 7.66. The average molecular weight is 374 g/mol. The van der Waals surface area contributed by atoms with Gasteiger partial charge in [0, 0.05) is 18.8 Å². The van der Waals surface area contributed by atoms with Crippen LogP contribution in [0.5, 0.6) is 0 Å². The van der Waals surface area contributed by atoms with Crippen molar-refractivity contribution in [1.29, 1.82) is 0 Å². The molecule has 1 N–H and O–H groups in total. The lowest BCUT2D eigenvalue weighted by Gasteiger charge is -2.17. The summed E-state index contributed by atoms with van der Waals surface area (Å²) in [7, 11) is -1.92. The van der Waals surface area contributed by atoms with E-state index in [0.717, 1.165) is 6.26 Å². The third-order valence-electron chi connectivity index (χ3n) is 3.95. The number of hydrogen-bond donors (Lipinski definition) is 1. The number of anilines is 1. The van der Waals surface area contributed by atoms with Crippen LogP contribution in [0.15, 0.2) is 36.8 Å². The molecule has 8 nitrogen and oxygen atoms in total. The molecule has 0 bridgehead atoms. The molecule has 3 rings (SSSR count). The molecule has 0 saturated carbocycles. The molecular formula is C17H18N4O4S. The molecule has 9 heteroatoms. The zero-order valence-corrected chi connectivity index (χ0v) is 15.4. The number of H-pyrrole nitrogens is 1. The fraction of sp³-hybridized carbons (Fsp3) is 0.235. The Morgan fingerprint density at radius 3 is 2.77 bits per heavy atom. The average Bonchev–Trinajstić information content (AvgIpc) is 3.05. The second kappa shape index (κ2) is 6.75. The normalized spacial score (nSPS) is 11.5. The Labute approximate surface area is 150 Å². The van der Waals surface area contributed by atoms with Gasteiger partial charge in [-0.2, -0.15) is 0 Å². The number of rotatable bonds is 5. The van der Waals surface area contributed by atoms with Gasteiger partial charge in [0.25, 0.3) is 0 Å². The third kappa shape index (κ3) is 3.25. The summed E-state index contributed by atoms with van der Waals surface area (Å²) < 4.78 is 29.9. The minimum absolute atomic E-state index is 0.253. The predicted molar refractivity (Wildman–Crippen MR) is 98.5 cm³/mol. The van der Waals surface area contributed by atoms with Crippen LogP contribution in [0.3, 0.4) is 0 Å². The maximum atomic E-state index is 12.2. The third-order valence-corrected chi connectivity index (χ3v) is 5.15. The van der Waals surface area contributed by atoms with E-state index in [2.05, 4.69) is 15.0 Å². The van der Waals surface area contributed by atoms with Crippen LogP contribution in [0, 0.1) is 0 Å². The smallest absolute Gasteiger partial charge is 0.340 e. The number of nitrogens with one attached hydrogen (secondary N) is 1. The highest BCUT2D eigenvalue weighted by molar-refractivity contribution is 7.92. The van der Waals surface area contributed by atoms with Crippen LogP contribution in [0.1, 0.15) is 17.3 Å². The molecule has 0 saturated heterocycles.